The van der Waals surface area contributed by atoms with Crippen LogP contribution in [-0.2, 0) is 37.7 Å². The van der Waals surface area contributed by atoms with Crippen LogP contribution < -0.4 is 29.6 Å². The molecule has 1 aliphatic carbocycles. The number of hydrogen-bond donors (Lipinski definition) is 4. The summed E-state index contributed by atoms with van der Waals surface area (Å²) in [5, 5.41) is 43.8. The SMILES string of the molecule is CN1CC(O)(c2cc(Oc3ccc(OC(F)F)c(-c4nn(C)cc4NC(=O)c4cnn5cccnc45)c3)cc(C(F)(F)F)c2)C1.Cn1cc(NC(=O)c2cnn3cccnc23)c(-c2cc(Oc3cc(C(F)(F)F)cc(C4(O)CCC4)c3)ccc2OC(F)F)n1. The minimum atomic E-state index is -4.74. The summed E-state index contributed by atoms with van der Waals surface area (Å²) in [7, 11) is 4.79. The van der Waals surface area contributed by atoms with Crippen LogP contribution in [0, 0.1) is 0 Å². The number of amides is 2. The van der Waals surface area contributed by atoms with Gasteiger partial charge in [0.05, 0.1) is 51.6 Å². The van der Waals surface area contributed by atoms with E-state index in [0.717, 1.165) is 36.4 Å². The third-order valence-electron chi connectivity index (χ3n) is 14.3. The third kappa shape index (κ3) is 13.0. The second kappa shape index (κ2) is 23.5. The molecule has 6 aromatic heterocycles. The number of fused-ring (bicyclic) bond motifs is 2. The first-order valence-corrected chi connectivity index (χ1v) is 26.6. The number of ether oxygens (including phenoxy) is 4. The molecular weight excluding hydrogens is 1200 g/mol. The van der Waals surface area contributed by atoms with Crippen molar-refractivity contribution in [2.45, 2.75) is 56.0 Å². The molecule has 1 saturated heterocycles. The summed E-state index contributed by atoms with van der Waals surface area (Å²) in [6.45, 7) is -6.20. The molecule has 0 atom stereocenters. The number of β-amino-alcohol motifs (C(OH)–C–C–N with tert-alkyl or cyclic N) is 1. The third-order valence-corrected chi connectivity index (χ3v) is 14.3. The Labute approximate surface area is 495 Å². The van der Waals surface area contributed by atoms with Gasteiger partial charge in [-0.15, -0.1) is 0 Å². The van der Waals surface area contributed by atoms with Gasteiger partial charge in [0.2, 0.25) is 0 Å². The molecule has 0 spiro atoms. The number of nitrogens with one attached hydrogen (secondary N) is 2. The molecule has 4 N–H and O–H groups in total. The maximum absolute atomic E-state index is 13.8. The Morgan fingerprint density at radius 2 is 1.01 bits per heavy atom. The Balaban J connectivity index is 0.000000184. The topological polar surface area (TPSA) is 235 Å². The lowest BCUT2D eigenvalue weighted by Gasteiger charge is -2.45. The molecule has 1 aliphatic heterocycles. The summed E-state index contributed by atoms with van der Waals surface area (Å²) in [4.78, 5) is 36.4. The minimum Gasteiger partial charge on any atom is -0.457 e. The predicted octanol–water partition coefficient (Wildman–Crippen LogP) is 11.1. The Hall–Kier alpha value is -10.1. The van der Waals surface area contributed by atoms with Gasteiger partial charge < -0.3 is 39.8 Å². The first-order chi connectivity index (χ1) is 42.2. The molecule has 0 bridgehead atoms. The number of hydrogen-bond acceptors (Lipinski definition) is 15. The molecule has 21 nitrogen and oxygen atoms in total. The van der Waals surface area contributed by atoms with Crippen LogP contribution in [0.25, 0.3) is 33.8 Å². The maximum atomic E-state index is 13.8. The lowest BCUT2D eigenvalue weighted by Crippen LogP contribution is -2.57. The molecule has 0 radical (unpaired) electrons. The first-order valence-electron chi connectivity index (χ1n) is 26.6. The van der Waals surface area contributed by atoms with Crippen molar-refractivity contribution in [3.8, 4) is 57.0 Å². The van der Waals surface area contributed by atoms with Crippen LogP contribution in [-0.4, -0.2) is 109 Å². The highest BCUT2D eigenvalue weighted by Crippen LogP contribution is 2.47. The summed E-state index contributed by atoms with van der Waals surface area (Å²) in [5.74, 6) is -2.44. The molecule has 462 valence electrons. The van der Waals surface area contributed by atoms with Gasteiger partial charge in [0, 0.05) is 64.4 Å². The molecule has 4 aromatic carbocycles. The van der Waals surface area contributed by atoms with Gasteiger partial charge in [0.25, 0.3) is 11.8 Å². The highest BCUT2D eigenvalue weighted by atomic mass is 19.4. The number of anilines is 2. The number of likely N-dealkylation sites (N-methyl/N-ethyl adjacent to an activating group) is 1. The largest absolute Gasteiger partial charge is 0.457 e. The zero-order valence-electron chi connectivity index (χ0n) is 46.4. The van der Waals surface area contributed by atoms with E-state index in [9.17, 15) is 63.7 Å². The molecule has 89 heavy (non-hydrogen) atoms. The van der Waals surface area contributed by atoms with Gasteiger partial charge in [-0.3, -0.25) is 23.9 Å². The van der Waals surface area contributed by atoms with Crippen LogP contribution in [0.15, 0.2) is 135 Å². The van der Waals surface area contributed by atoms with Crippen molar-refractivity contribution in [3.05, 3.63) is 168 Å². The van der Waals surface area contributed by atoms with E-state index in [2.05, 4.69) is 41.0 Å². The van der Waals surface area contributed by atoms with Gasteiger partial charge in [-0.05, 0) is 122 Å². The zero-order valence-corrected chi connectivity index (χ0v) is 46.4. The molecule has 0 unspecified atom stereocenters. The van der Waals surface area contributed by atoms with E-state index in [-0.39, 0.29) is 115 Å². The van der Waals surface area contributed by atoms with E-state index in [1.54, 1.807) is 43.5 Å². The summed E-state index contributed by atoms with van der Waals surface area (Å²) >= 11 is 0. The van der Waals surface area contributed by atoms with E-state index in [1.807, 2.05) is 0 Å². The van der Waals surface area contributed by atoms with Gasteiger partial charge in [-0.1, -0.05) is 0 Å². The lowest BCUT2D eigenvalue weighted by molar-refractivity contribution is -0.139. The monoisotopic (exact) mass is 1240 g/mol. The number of rotatable bonds is 16. The molecular formula is C58H47F10N13O8. The molecule has 12 rings (SSSR count). The zero-order chi connectivity index (χ0) is 63.3. The number of carbonyl (C=O) groups is 2. The Bertz CT molecular complexity index is 4310. The lowest BCUT2D eigenvalue weighted by atomic mass is 9.75. The van der Waals surface area contributed by atoms with Crippen LogP contribution in [0.5, 0.6) is 34.5 Å². The highest BCUT2D eigenvalue weighted by molar-refractivity contribution is 6.10. The molecule has 2 fully saturated rings. The van der Waals surface area contributed by atoms with E-state index in [4.69, 9.17) is 18.9 Å². The average Bonchev–Trinajstić information content (AvgIpc) is 2.36. The fraction of sp³-hybridized carbons (Fsp3) is 0.241. The average molecular weight is 1240 g/mol. The van der Waals surface area contributed by atoms with E-state index in [0.29, 0.717) is 19.3 Å². The summed E-state index contributed by atoms with van der Waals surface area (Å²) in [6, 6.07) is 16.5. The second-order valence-electron chi connectivity index (χ2n) is 20.8. The van der Waals surface area contributed by atoms with Gasteiger partial charge in [-0.2, -0.15) is 64.3 Å². The first kappa shape index (κ1) is 60.5. The van der Waals surface area contributed by atoms with Crippen molar-refractivity contribution in [3.63, 3.8) is 0 Å². The van der Waals surface area contributed by atoms with E-state index < -0.39 is 59.7 Å². The number of aryl methyl sites for hydroxylation is 2. The fourth-order valence-electron chi connectivity index (χ4n) is 10.1. The summed E-state index contributed by atoms with van der Waals surface area (Å²) in [5.41, 5.74) is -3.93. The summed E-state index contributed by atoms with van der Waals surface area (Å²) in [6.07, 6.45) is 3.49. The Kier molecular flexibility index (Phi) is 16.0. The fourth-order valence-corrected chi connectivity index (χ4v) is 10.1. The van der Waals surface area contributed by atoms with E-state index in [1.165, 1.54) is 99.0 Å². The number of carbonyl (C=O) groups excluding carboxylic acids is 2. The molecule has 1 saturated carbocycles. The van der Waals surface area contributed by atoms with Crippen LogP contribution >= 0.6 is 0 Å². The molecule has 31 heteroatoms. The normalized spacial score (nSPS) is 14.7. The number of alkyl halides is 10. The number of halogens is 10. The quantitative estimate of drug-likeness (QED) is 0.0659. The van der Waals surface area contributed by atoms with Crippen LogP contribution in [0.2, 0.25) is 0 Å². The van der Waals surface area contributed by atoms with Crippen molar-refractivity contribution in [2.24, 2.45) is 14.1 Å². The van der Waals surface area contributed by atoms with Crippen LogP contribution in [0.3, 0.4) is 0 Å². The smallest absolute Gasteiger partial charge is 0.416 e. The molecule has 2 amide bonds. The number of nitrogens with zero attached hydrogens (tertiary/aromatic N) is 11. The standard InChI is InChI=1S/C29H24F5N7O4.C29H23F5N6O4/c1-39-14-28(43,15-39)16-8-17(29(32,33)34)10-19(9-16)44-18-4-5-23(45-27(30)31)20(11-18)24-22(13-40(2)38-24)37-26(42)21-12-36-41-7-3-6-35-25(21)41;1-39-15-22(37-26(41)21-14-36-40-9-3-8-35-25(21)40)24(38-39)20-13-18(4-5-23(20)44-27(30)31)43-19-11-16(28(42)6-2-7-28)10-17(12-19)29(32,33)34/h3-13,27,43H,14-15H2,1-2H3,(H,37,42);3-5,8-15,27,42H,2,6-7H2,1H3,(H,37,41). The molecule has 7 heterocycles. The van der Waals surface area contributed by atoms with Crippen molar-refractivity contribution < 1.29 is 82.7 Å². The minimum absolute atomic E-state index is 0.00734. The second-order valence-corrected chi connectivity index (χ2v) is 20.8. The number of likely N-dealkylation sites (tertiary alicyclic amines) is 1. The Morgan fingerprint density at radius 3 is 1.39 bits per heavy atom. The maximum Gasteiger partial charge on any atom is 0.416 e. The van der Waals surface area contributed by atoms with Gasteiger partial charge >= 0.3 is 25.6 Å². The van der Waals surface area contributed by atoms with Crippen molar-refractivity contribution >= 4 is 34.5 Å². The number of aliphatic hydroxyl groups is 2. The van der Waals surface area contributed by atoms with E-state index >= 15 is 0 Å². The predicted molar refractivity (Wildman–Crippen MR) is 295 cm³/mol. The summed E-state index contributed by atoms with van der Waals surface area (Å²) < 4.78 is 162. The van der Waals surface area contributed by atoms with Crippen LogP contribution in [0.1, 0.15) is 62.2 Å². The highest BCUT2D eigenvalue weighted by Gasteiger charge is 2.43. The van der Waals surface area contributed by atoms with Gasteiger partial charge in [0.15, 0.2) is 11.3 Å². The Morgan fingerprint density at radius 1 is 0.584 bits per heavy atom. The van der Waals surface area contributed by atoms with Gasteiger partial charge in [0.1, 0.15) is 62.6 Å². The van der Waals surface area contributed by atoms with Crippen LogP contribution in [0.4, 0.5) is 55.3 Å². The van der Waals surface area contributed by atoms with Crippen molar-refractivity contribution in [1.82, 2.24) is 53.7 Å². The number of aromatic nitrogens is 10. The van der Waals surface area contributed by atoms with Crippen molar-refractivity contribution in [1.29, 1.82) is 0 Å². The molecule has 10 aromatic rings. The van der Waals surface area contributed by atoms with Crippen molar-refractivity contribution in [2.75, 3.05) is 30.8 Å². The van der Waals surface area contributed by atoms with Gasteiger partial charge in [-0.25, -0.2) is 19.0 Å². The number of benzene rings is 4. The molecule has 2 aliphatic rings.